The predicted molar refractivity (Wildman–Crippen MR) is 106 cm³/mol. The normalized spacial score (nSPS) is 11.1. The number of hydrogen-bond donors (Lipinski definition) is 1. The Kier molecular flexibility index (Phi) is 5.26. The topological polar surface area (TPSA) is 75.5 Å². The lowest BCUT2D eigenvalue weighted by Crippen LogP contribution is -2.15. The lowest BCUT2D eigenvalue weighted by molar-refractivity contribution is 0.420. The molecule has 2 aromatic carbocycles. The summed E-state index contributed by atoms with van der Waals surface area (Å²) in [4.78, 5) is 15.4. The van der Waals surface area contributed by atoms with Crippen molar-refractivity contribution < 1.29 is 4.74 Å². The monoisotopic (exact) mass is 350 g/mol. The zero-order chi connectivity index (χ0) is 18.5. The maximum Gasteiger partial charge on any atom is 0.248 e. The fourth-order valence-electron chi connectivity index (χ4n) is 2.57. The number of nitrogens with one attached hydrogen (secondary N) is 1. The summed E-state index contributed by atoms with van der Waals surface area (Å²) < 4.78 is 5.48. The Labute approximate surface area is 152 Å². The molecule has 26 heavy (non-hydrogen) atoms. The molecule has 0 aliphatic rings. The first kappa shape index (κ1) is 17.6. The highest BCUT2D eigenvalue weighted by Gasteiger charge is 2.14. The molecule has 0 radical (unpaired) electrons. The number of fused-ring (bicyclic) bond motifs is 1. The summed E-state index contributed by atoms with van der Waals surface area (Å²) in [7, 11) is 5.46. The van der Waals surface area contributed by atoms with Crippen LogP contribution in [0.4, 0.5) is 11.9 Å². The molecule has 3 aromatic rings. The summed E-state index contributed by atoms with van der Waals surface area (Å²) in [5.74, 6) is 2.36. The average Bonchev–Trinajstić information content (AvgIpc) is 2.67. The molecule has 0 aliphatic carbocycles. The molecular formula is C19H22N6O. The van der Waals surface area contributed by atoms with Gasteiger partial charge in [0.15, 0.2) is 5.82 Å². The van der Waals surface area contributed by atoms with Crippen molar-refractivity contribution in [2.75, 3.05) is 31.5 Å². The SMILES string of the molecule is CC/C=N/Nc1nc(-c2ccc(OC)c3ccccc23)nc(N(C)C)n1. The number of benzene rings is 2. The van der Waals surface area contributed by atoms with Gasteiger partial charge in [0.2, 0.25) is 11.9 Å². The largest absolute Gasteiger partial charge is 0.496 e. The zero-order valence-electron chi connectivity index (χ0n) is 15.4. The Morgan fingerprint density at radius 3 is 2.54 bits per heavy atom. The van der Waals surface area contributed by atoms with Crippen LogP contribution in [0.15, 0.2) is 41.5 Å². The van der Waals surface area contributed by atoms with Gasteiger partial charge in [-0.15, -0.1) is 0 Å². The quantitative estimate of drug-likeness (QED) is 0.541. The van der Waals surface area contributed by atoms with Crippen molar-refractivity contribution >= 4 is 28.9 Å². The second-order valence-corrected chi connectivity index (χ2v) is 5.87. The van der Waals surface area contributed by atoms with Crippen molar-refractivity contribution in [1.29, 1.82) is 0 Å². The molecule has 0 saturated heterocycles. The smallest absolute Gasteiger partial charge is 0.248 e. The van der Waals surface area contributed by atoms with Gasteiger partial charge >= 0.3 is 0 Å². The molecule has 0 bridgehead atoms. The highest BCUT2D eigenvalue weighted by molar-refractivity contribution is 5.99. The van der Waals surface area contributed by atoms with Gasteiger partial charge in [0.05, 0.1) is 7.11 Å². The van der Waals surface area contributed by atoms with E-state index in [1.165, 1.54) is 0 Å². The molecular weight excluding hydrogens is 328 g/mol. The van der Waals surface area contributed by atoms with Crippen molar-refractivity contribution in [3.63, 3.8) is 0 Å². The summed E-state index contributed by atoms with van der Waals surface area (Å²) in [6.07, 6.45) is 2.59. The molecule has 0 atom stereocenters. The van der Waals surface area contributed by atoms with Gasteiger partial charge in [0.1, 0.15) is 5.75 Å². The first-order valence-corrected chi connectivity index (χ1v) is 8.41. The lowest BCUT2D eigenvalue weighted by atomic mass is 10.0. The Morgan fingerprint density at radius 1 is 1.08 bits per heavy atom. The van der Waals surface area contributed by atoms with Crippen LogP contribution < -0.4 is 15.1 Å². The zero-order valence-corrected chi connectivity index (χ0v) is 15.4. The van der Waals surface area contributed by atoms with E-state index >= 15 is 0 Å². The second-order valence-electron chi connectivity index (χ2n) is 5.87. The van der Waals surface area contributed by atoms with E-state index in [1.54, 1.807) is 13.3 Å². The van der Waals surface area contributed by atoms with Crippen LogP contribution >= 0.6 is 0 Å². The fourth-order valence-corrected chi connectivity index (χ4v) is 2.57. The van der Waals surface area contributed by atoms with E-state index in [2.05, 4.69) is 25.5 Å². The van der Waals surface area contributed by atoms with Crippen molar-refractivity contribution in [2.24, 2.45) is 5.10 Å². The molecule has 7 nitrogen and oxygen atoms in total. The van der Waals surface area contributed by atoms with E-state index in [9.17, 15) is 0 Å². The number of aromatic nitrogens is 3. The molecule has 3 rings (SSSR count). The maximum absolute atomic E-state index is 5.48. The van der Waals surface area contributed by atoms with Gasteiger partial charge in [-0.05, 0) is 23.9 Å². The molecule has 134 valence electrons. The number of hydrogen-bond acceptors (Lipinski definition) is 7. The van der Waals surface area contributed by atoms with Crippen LogP contribution in [0, 0.1) is 0 Å². The number of rotatable bonds is 6. The predicted octanol–water partition coefficient (Wildman–Crippen LogP) is 3.57. The highest BCUT2D eigenvalue weighted by atomic mass is 16.5. The highest BCUT2D eigenvalue weighted by Crippen LogP contribution is 2.33. The number of anilines is 2. The molecule has 7 heteroatoms. The van der Waals surface area contributed by atoms with Crippen molar-refractivity contribution in [2.45, 2.75) is 13.3 Å². The summed E-state index contributed by atoms with van der Waals surface area (Å²) >= 11 is 0. The minimum atomic E-state index is 0.406. The molecule has 0 saturated carbocycles. The van der Waals surface area contributed by atoms with Crippen molar-refractivity contribution in [3.8, 4) is 17.1 Å². The summed E-state index contributed by atoms with van der Waals surface area (Å²) in [5.41, 5.74) is 3.79. The van der Waals surface area contributed by atoms with Crippen LogP contribution in [0.25, 0.3) is 22.2 Å². The van der Waals surface area contributed by atoms with E-state index in [1.807, 2.05) is 62.3 Å². The third-order valence-corrected chi connectivity index (χ3v) is 3.81. The van der Waals surface area contributed by atoms with Crippen LogP contribution in [0.3, 0.4) is 0 Å². The first-order valence-electron chi connectivity index (χ1n) is 8.41. The molecule has 0 unspecified atom stereocenters. The Hall–Kier alpha value is -3.22. The summed E-state index contributed by atoms with van der Waals surface area (Å²) in [6, 6.07) is 11.9. The Morgan fingerprint density at radius 2 is 1.85 bits per heavy atom. The van der Waals surface area contributed by atoms with Crippen LogP contribution in [-0.4, -0.2) is 42.4 Å². The third-order valence-electron chi connectivity index (χ3n) is 3.81. The van der Waals surface area contributed by atoms with Gasteiger partial charge in [0.25, 0.3) is 0 Å². The molecule has 0 aliphatic heterocycles. The van der Waals surface area contributed by atoms with Crippen molar-refractivity contribution in [3.05, 3.63) is 36.4 Å². The fraction of sp³-hybridized carbons (Fsp3) is 0.263. The van der Waals surface area contributed by atoms with Crippen molar-refractivity contribution in [1.82, 2.24) is 15.0 Å². The maximum atomic E-state index is 5.48. The minimum Gasteiger partial charge on any atom is -0.496 e. The van der Waals surface area contributed by atoms with Crippen LogP contribution in [0.2, 0.25) is 0 Å². The van der Waals surface area contributed by atoms with Crippen LogP contribution in [0.1, 0.15) is 13.3 Å². The van der Waals surface area contributed by atoms with E-state index in [4.69, 9.17) is 4.74 Å². The van der Waals surface area contributed by atoms with Gasteiger partial charge in [-0.25, -0.2) is 5.43 Å². The van der Waals surface area contributed by atoms with E-state index in [0.717, 1.165) is 28.5 Å². The Bertz CT molecular complexity index is 938. The molecule has 1 aromatic heterocycles. The van der Waals surface area contributed by atoms with Crippen LogP contribution in [0.5, 0.6) is 5.75 Å². The molecule has 0 fully saturated rings. The summed E-state index contributed by atoms with van der Waals surface area (Å²) in [6.45, 7) is 2.01. The van der Waals surface area contributed by atoms with Gasteiger partial charge in [0, 0.05) is 31.3 Å². The minimum absolute atomic E-state index is 0.406. The first-order chi connectivity index (χ1) is 12.6. The second kappa shape index (κ2) is 7.77. The van der Waals surface area contributed by atoms with Gasteiger partial charge in [-0.1, -0.05) is 31.2 Å². The standard InChI is InChI=1S/C19H22N6O/c1-5-12-20-24-18-21-17(22-19(23-18)25(2)3)15-10-11-16(26-4)14-9-7-6-8-13(14)15/h6-12H,5H2,1-4H3,(H,21,22,23,24)/b20-12+. The molecule has 1 N–H and O–H groups in total. The van der Waals surface area contributed by atoms with Crippen LogP contribution in [-0.2, 0) is 0 Å². The molecule has 0 spiro atoms. The van der Waals surface area contributed by atoms with Gasteiger partial charge < -0.3 is 9.64 Å². The number of nitrogens with zero attached hydrogens (tertiary/aromatic N) is 5. The van der Waals surface area contributed by atoms with E-state index in [-0.39, 0.29) is 0 Å². The molecule has 0 amide bonds. The summed E-state index contributed by atoms with van der Waals surface area (Å²) in [5, 5.41) is 6.15. The third kappa shape index (κ3) is 3.56. The Balaban J connectivity index is 2.17. The number of methoxy groups -OCH3 is 1. The average molecular weight is 350 g/mol. The van der Waals surface area contributed by atoms with E-state index < -0.39 is 0 Å². The van der Waals surface area contributed by atoms with Gasteiger partial charge in [-0.3, -0.25) is 0 Å². The lowest BCUT2D eigenvalue weighted by Gasteiger charge is -2.14. The number of hydrazone groups is 1. The number of ether oxygens (including phenoxy) is 1. The van der Waals surface area contributed by atoms with Gasteiger partial charge in [-0.2, -0.15) is 20.1 Å². The molecule has 1 heterocycles. The van der Waals surface area contributed by atoms with E-state index in [0.29, 0.717) is 17.7 Å².